The maximum Gasteiger partial charge on any atom is 0.198 e. The van der Waals surface area contributed by atoms with Crippen LogP contribution in [-0.4, -0.2) is 44.7 Å². The van der Waals surface area contributed by atoms with Crippen LogP contribution in [0.5, 0.6) is 11.5 Å². The van der Waals surface area contributed by atoms with Crippen LogP contribution in [0.2, 0.25) is 0 Å². The van der Waals surface area contributed by atoms with Gasteiger partial charge in [0.2, 0.25) is 0 Å². The number of Topliss-reactive ketones (excluding diaryl/α,β-unsaturated/α-hetero) is 2. The van der Waals surface area contributed by atoms with Gasteiger partial charge < -0.3 is 14.6 Å². The summed E-state index contributed by atoms with van der Waals surface area (Å²) in [5.41, 5.74) is 0.169. The summed E-state index contributed by atoms with van der Waals surface area (Å²) < 4.78 is 12.3. The zero-order chi connectivity index (χ0) is 23.1. The van der Waals surface area contributed by atoms with E-state index in [9.17, 15) is 14.7 Å². The lowest BCUT2D eigenvalue weighted by atomic mass is 9.63. The standard InChI is InChI=1S/C25H26Cl2O5/c1-13-5-4-6-14-9-15-17(31-12-14)10-16-19(20(15)28)22(30)24(27)11-18(26)23(2,3)32-25(24,8-7-13)21(16)29/h6-7,10,18,28H,4-5,8-9,11-12H2,1-3H3/t18-,24+,25+/m1/s1. The molecular weight excluding hydrogens is 451 g/mol. The summed E-state index contributed by atoms with van der Waals surface area (Å²) in [5, 5.41) is 10.6. The second-order valence-electron chi connectivity index (χ2n) is 9.91. The fourth-order valence-electron chi connectivity index (χ4n) is 5.36. The SMILES string of the molecule is CC1=CC[C@@]23OC(C)(C)[C@H](Cl)C[C@]2(Cl)C(=O)c2c(cc4c(c2O)CC(=CCC1)CO4)C3=O. The predicted molar refractivity (Wildman–Crippen MR) is 122 cm³/mol. The molecule has 0 amide bonds. The molecule has 1 spiro atoms. The highest BCUT2D eigenvalue weighted by Gasteiger charge is 2.70. The molecule has 8 rings (SSSR count). The Hall–Kier alpha value is -1.82. The number of hydrogen-bond acceptors (Lipinski definition) is 5. The Labute approximate surface area is 197 Å². The zero-order valence-corrected chi connectivity index (χ0v) is 19.9. The van der Waals surface area contributed by atoms with E-state index in [1.807, 2.05) is 26.8 Å². The third kappa shape index (κ3) is 2.87. The average Bonchev–Trinajstić information content (AvgIpc) is 2.73. The molecule has 1 fully saturated rings. The Balaban J connectivity index is 1.83. The van der Waals surface area contributed by atoms with E-state index in [4.69, 9.17) is 32.7 Å². The van der Waals surface area contributed by atoms with Crippen LogP contribution in [0.4, 0.5) is 0 Å². The Bertz CT molecular complexity index is 1120. The number of hydrogen-bond donors (Lipinski definition) is 1. The zero-order valence-electron chi connectivity index (χ0n) is 18.4. The summed E-state index contributed by atoms with van der Waals surface area (Å²) in [4.78, 5) is 26.3. The van der Waals surface area contributed by atoms with E-state index in [-0.39, 0.29) is 29.7 Å². The second-order valence-corrected chi connectivity index (χ2v) is 11.1. The summed E-state index contributed by atoms with van der Waals surface area (Å²) in [6, 6.07) is 1.57. The van der Waals surface area contributed by atoms with Crippen LogP contribution in [0.1, 0.15) is 72.7 Å². The molecule has 0 aromatic heterocycles. The second kappa shape index (κ2) is 7.09. The first-order chi connectivity index (χ1) is 15.0. The molecule has 1 aromatic rings. The molecular formula is C25H26Cl2O5. The van der Waals surface area contributed by atoms with E-state index in [1.165, 1.54) is 0 Å². The lowest BCUT2D eigenvalue weighted by molar-refractivity contribution is -0.157. The maximum absolute atomic E-state index is 14.1. The van der Waals surface area contributed by atoms with E-state index < -0.39 is 33.0 Å². The minimum atomic E-state index is -1.72. The number of fused-ring (bicyclic) bond motifs is 1. The van der Waals surface area contributed by atoms with Crippen molar-refractivity contribution in [1.29, 1.82) is 0 Å². The van der Waals surface area contributed by atoms with Gasteiger partial charge in [-0.25, -0.2) is 0 Å². The third-order valence-electron chi connectivity index (χ3n) is 7.38. The highest BCUT2D eigenvalue weighted by atomic mass is 35.5. The lowest BCUT2D eigenvalue weighted by Gasteiger charge is -2.56. The Morgan fingerprint density at radius 1 is 1.19 bits per heavy atom. The molecule has 5 nitrogen and oxygen atoms in total. The van der Waals surface area contributed by atoms with Crippen LogP contribution < -0.4 is 4.74 Å². The number of carbonyl (C=O) groups excluding carboxylic acids is 2. The molecule has 32 heavy (non-hydrogen) atoms. The van der Waals surface area contributed by atoms with Gasteiger partial charge in [0.05, 0.1) is 16.5 Å². The number of ether oxygens (including phenoxy) is 2. The van der Waals surface area contributed by atoms with Gasteiger partial charge in [-0.15, -0.1) is 23.2 Å². The normalized spacial score (nSPS) is 33.3. The fraction of sp³-hybridized carbons (Fsp3) is 0.520. The number of allylic oxidation sites excluding steroid dienone is 2. The molecule has 7 heteroatoms. The molecule has 1 N–H and O–H groups in total. The van der Waals surface area contributed by atoms with Gasteiger partial charge >= 0.3 is 0 Å². The topological polar surface area (TPSA) is 72.8 Å². The first-order valence-corrected chi connectivity index (χ1v) is 11.8. The predicted octanol–water partition coefficient (Wildman–Crippen LogP) is 5.29. The van der Waals surface area contributed by atoms with Gasteiger partial charge in [-0.1, -0.05) is 17.7 Å². The molecule has 0 radical (unpaired) electrons. The van der Waals surface area contributed by atoms with Gasteiger partial charge in [0.1, 0.15) is 23.0 Å². The summed E-state index contributed by atoms with van der Waals surface area (Å²) in [6.45, 7) is 6.01. The monoisotopic (exact) mass is 476 g/mol. The number of benzene rings is 1. The van der Waals surface area contributed by atoms with Crippen LogP contribution >= 0.6 is 23.2 Å². The highest BCUT2D eigenvalue weighted by molar-refractivity contribution is 6.45. The molecule has 4 aliphatic carbocycles. The van der Waals surface area contributed by atoms with Gasteiger partial charge in [0, 0.05) is 24.0 Å². The van der Waals surface area contributed by atoms with Gasteiger partial charge in [-0.3, -0.25) is 9.59 Å². The molecule has 0 saturated carbocycles. The number of halogens is 2. The number of rotatable bonds is 0. The van der Waals surface area contributed by atoms with E-state index in [1.54, 1.807) is 6.07 Å². The minimum Gasteiger partial charge on any atom is -0.507 e. The quantitative estimate of drug-likeness (QED) is 0.406. The molecule has 6 bridgehead atoms. The fourth-order valence-corrected chi connectivity index (χ4v) is 6.17. The van der Waals surface area contributed by atoms with Crippen molar-refractivity contribution in [3.05, 3.63) is 46.1 Å². The number of phenols is 1. The molecule has 1 aromatic carbocycles. The van der Waals surface area contributed by atoms with Crippen molar-refractivity contribution in [1.82, 2.24) is 0 Å². The molecule has 3 atom stereocenters. The Morgan fingerprint density at radius 3 is 2.69 bits per heavy atom. The Morgan fingerprint density at radius 2 is 1.94 bits per heavy atom. The summed E-state index contributed by atoms with van der Waals surface area (Å²) >= 11 is 13.7. The van der Waals surface area contributed by atoms with Gasteiger partial charge in [-0.05, 0) is 51.7 Å². The number of carbonyl (C=O) groups is 2. The van der Waals surface area contributed by atoms with E-state index in [2.05, 4.69) is 6.08 Å². The highest BCUT2D eigenvalue weighted by Crippen LogP contribution is 2.57. The molecule has 0 unspecified atom stereocenters. The molecule has 170 valence electrons. The van der Waals surface area contributed by atoms with Crippen molar-refractivity contribution in [2.45, 2.75) is 74.3 Å². The third-order valence-corrected chi connectivity index (χ3v) is 8.69. The molecule has 1 saturated heterocycles. The van der Waals surface area contributed by atoms with Crippen LogP contribution in [-0.2, 0) is 11.2 Å². The van der Waals surface area contributed by atoms with Crippen molar-refractivity contribution < 1.29 is 24.2 Å². The Kier molecular flexibility index (Phi) is 4.87. The van der Waals surface area contributed by atoms with E-state index >= 15 is 0 Å². The van der Waals surface area contributed by atoms with Gasteiger partial charge in [-0.2, -0.15) is 0 Å². The summed E-state index contributed by atoms with van der Waals surface area (Å²) in [5.74, 6) is -0.738. The lowest BCUT2D eigenvalue weighted by Crippen LogP contribution is -2.72. The van der Waals surface area contributed by atoms with Crippen LogP contribution in [0, 0.1) is 0 Å². The summed E-state index contributed by atoms with van der Waals surface area (Å²) in [6.07, 6.45) is 6.34. The van der Waals surface area contributed by atoms with E-state index in [0.717, 1.165) is 24.0 Å². The van der Waals surface area contributed by atoms with Crippen LogP contribution in [0.3, 0.4) is 0 Å². The number of alkyl halides is 2. The minimum absolute atomic E-state index is 0.0471. The van der Waals surface area contributed by atoms with Crippen molar-refractivity contribution >= 4 is 34.8 Å². The van der Waals surface area contributed by atoms with Crippen molar-refractivity contribution in [3.8, 4) is 11.5 Å². The first-order valence-electron chi connectivity index (χ1n) is 11.0. The van der Waals surface area contributed by atoms with Gasteiger partial charge in [0.15, 0.2) is 17.2 Å². The van der Waals surface area contributed by atoms with E-state index in [0.29, 0.717) is 24.3 Å². The van der Waals surface area contributed by atoms with Crippen LogP contribution in [0.25, 0.3) is 0 Å². The summed E-state index contributed by atoms with van der Waals surface area (Å²) in [7, 11) is 0. The molecule has 3 aliphatic heterocycles. The number of aromatic hydroxyl groups is 1. The largest absolute Gasteiger partial charge is 0.507 e. The van der Waals surface area contributed by atoms with Crippen LogP contribution in [0.15, 0.2) is 29.4 Å². The smallest absolute Gasteiger partial charge is 0.198 e. The first kappa shape index (κ1) is 22.0. The average molecular weight is 477 g/mol. The molecule has 3 heterocycles. The maximum atomic E-state index is 14.1. The number of phenolic OH excluding ortho intramolecular Hbond substituents is 1. The van der Waals surface area contributed by atoms with Crippen molar-refractivity contribution in [3.63, 3.8) is 0 Å². The number of ketones is 2. The van der Waals surface area contributed by atoms with Crippen molar-refractivity contribution in [2.24, 2.45) is 0 Å². The molecule has 7 aliphatic rings. The van der Waals surface area contributed by atoms with Gasteiger partial charge in [0.25, 0.3) is 0 Å². The van der Waals surface area contributed by atoms with Crippen molar-refractivity contribution in [2.75, 3.05) is 6.61 Å².